The smallest absolute Gasteiger partial charge is 0.306 e. The molecule has 1 N–H and O–H groups in total. The van der Waals surface area contributed by atoms with Gasteiger partial charge < -0.3 is 4.98 Å². The molecule has 0 bridgehead atoms. The number of nitrogens with zero attached hydrogens (tertiary/aromatic N) is 1. The van der Waals surface area contributed by atoms with Crippen LogP contribution in [0.5, 0.6) is 0 Å². The number of hydrogen-bond donors (Lipinski definition) is 1. The van der Waals surface area contributed by atoms with Crippen LogP contribution in [0.2, 0.25) is 0 Å². The zero-order valence-electron chi connectivity index (χ0n) is 7.40. The molecule has 0 radical (unpaired) electrons. The molecule has 70 valence electrons. The van der Waals surface area contributed by atoms with Gasteiger partial charge in [-0.2, -0.15) is 0 Å². The first-order valence-corrected chi connectivity index (χ1v) is 4.31. The van der Waals surface area contributed by atoms with E-state index in [2.05, 4.69) is 4.98 Å². The van der Waals surface area contributed by atoms with Crippen molar-refractivity contribution in [1.82, 2.24) is 4.98 Å². The molecule has 4 nitrogen and oxygen atoms in total. The van der Waals surface area contributed by atoms with Crippen LogP contribution >= 0.6 is 12.2 Å². The van der Waals surface area contributed by atoms with Gasteiger partial charge in [0.25, 0.3) is 0 Å². The molecular weight excluding hydrogens is 188 g/mol. The summed E-state index contributed by atoms with van der Waals surface area (Å²) in [6.45, 7) is 3.77. The second kappa shape index (κ2) is 3.66. The molecule has 0 unspecified atom stereocenters. The fraction of sp³-hybridized carbons (Fsp3) is 0.375. The molecule has 1 aromatic heterocycles. The van der Waals surface area contributed by atoms with Crippen molar-refractivity contribution in [3.8, 4) is 0 Å². The lowest BCUT2D eigenvalue weighted by molar-refractivity contribution is -0.386. The Balaban J connectivity index is 3.43. The second-order valence-electron chi connectivity index (χ2n) is 3.02. The highest BCUT2D eigenvalue weighted by molar-refractivity contribution is 7.71. The summed E-state index contributed by atoms with van der Waals surface area (Å²) in [6, 6.07) is 1.53. The molecular formula is C8H10N2O2S. The molecule has 0 fully saturated rings. The SMILES string of the molecule is CC(C)c1[nH]ccc(=S)c1[N+](=O)[O-]. The van der Waals surface area contributed by atoms with Crippen molar-refractivity contribution in [1.29, 1.82) is 0 Å². The van der Waals surface area contributed by atoms with E-state index in [9.17, 15) is 10.1 Å². The van der Waals surface area contributed by atoms with Crippen LogP contribution < -0.4 is 0 Å². The third-order valence-corrected chi connectivity index (χ3v) is 2.05. The van der Waals surface area contributed by atoms with Crippen LogP contribution in [0.1, 0.15) is 25.5 Å². The van der Waals surface area contributed by atoms with Crippen molar-refractivity contribution in [3.63, 3.8) is 0 Å². The normalized spacial score (nSPS) is 10.4. The average Bonchev–Trinajstić information content (AvgIpc) is 2.02. The van der Waals surface area contributed by atoms with Gasteiger partial charge in [-0.3, -0.25) is 10.1 Å². The Morgan fingerprint density at radius 2 is 2.23 bits per heavy atom. The Morgan fingerprint density at radius 3 is 2.62 bits per heavy atom. The lowest BCUT2D eigenvalue weighted by Gasteiger charge is -2.05. The molecule has 0 aromatic carbocycles. The molecule has 13 heavy (non-hydrogen) atoms. The van der Waals surface area contributed by atoms with Crippen molar-refractivity contribution in [3.05, 3.63) is 32.6 Å². The molecule has 0 aliphatic carbocycles. The van der Waals surface area contributed by atoms with E-state index in [1.807, 2.05) is 13.8 Å². The molecule has 0 aliphatic rings. The molecule has 5 heteroatoms. The Labute approximate surface area is 80.8 Å². The zero-order chi connectivity index (χ0) is 10.0. The van der Waals surface area contributed by atoms with Gasteiger partial charge in [0.05, 0.1) is 10.6 Å². The van der Waals surface area contributed by atoms with Crippen LogP contribution in [-0.2, 0) is 0 Å². The van der Waals surface area contributed by atoms with E-state index in [1.165, 1.54) is 6.07 Å². The van der Waals surface area contributed by atoms with Crippen molar-refractivity contribution in [2.45, 2.75) is 19.8 Å². The van der Waals surface area contributed by atoms with Crippen LogP contribution in [0.15, 0.2) is 12.3 Å². The molecule has 0 saturated heterocycles. The molecule has 0 saturated carbocycles. The lowest BCUT2D eigenvalue weighted by Crippen LogP contribution is -2.00. The molecule has 1 heterocycles. The van der Waals surface area contributed by atoms with E-state index in [4.69, 9.17) is 12.2 Å². The maximum Gasteiger partial charge on any atom is 0.306 e. The van der Waals surface area contributed by atoms with Gasteiger partial charge in [-0.05, 0) is 6.07 Å². The predicted molar refractivity (Wildman–Crippen MR) is 52.4 cm³/mol. The van der Waals surface area contributed by atoms with Gasteiger partial charge in [-0.25, -0.2) is 0 Å². The Bertz CT molecular complexity index is 384. The Kier molecular flexibility index (Phi) is 2.77. The maximum atomic E-state index is 10.7. The minimum absolute atomic E-state index is 0.0208. The predicted octanol–water partition coefficient (Wildman–Crippen LogP) is 2.78. The monoisotopic (exact) mass is 198 g/mol. The lowest BCUT2D eigenvalue weighted by atomic mass is 10.1. The van der Waals surface area contributed by atoms with E-state index in [-0.39, 0.29) is 16.1 Å². The fourth-order valence-corrected chi connectivity index (χ4v) is 1.37. The summed E-state index contributed by atoms with van der Waals surface area (Å²) in [4.78, 5) is 13.1. The summed E-state index contributed by atoms with van der Waals surface area (Å²) >= 11 is 4.87. The molecule has 0 atom stereocenters. The van der Waals surface area contributed by atoms with Crippen LogP contribution in [-0.4, -0.2) is 9.91 Å². The van der Waals surface area contributed by atoms with Crippen LogP contribution in [0, 0.1) is 14.6 Å². The number of nitro groups is 1. The van der Waals surface area contributed by atoms with Crippen LogP contribution in [0.25, 0.3) is 0 Å². The summed E-state index contributed by atoms with van der Waals surface area (Å²) in [6.07, 6.45) is 1.63. The minimum atomic E-state index is -0.436. The summed E-state index contributed by atoms with van der Waals surface area (Å²) in [5.41, 5.74) is 0.602. The summed E-state index contributed by atoms with van der Waals surface area (Å²) in [5, 5.41) is 10.7. The van der Waals surface area contributed by atoms with E-state index >= 15 is 0 Å². The minimum Gasteiger partial charge on any atom is -0.359 e. The van der Waals surface area contributed by atoms with Gasteiger partial charge in [0.1, 0.15) is 4.51 Å². The molecule has 1 rings (SSSR count). The van der Waals surface area contributed by atoms with E-state index in [0.29, 0.717) is 5.69 Å². The molecule has 1 aromatic rings. The van der Waals surface area contributed by atoms with Gasteiger partial charge in [0.15, 0.2) is 0 Å². The van der Waals surface area contributed by atoms with E-state index < -0.39 is 4.92 Å². The first-order chi connectivity index (χ1) is 6.04. The quantitative estimate of drug-likeness (QED) is 0.451. The van der Waals surface area contributed by atoms with E-state index in [1.54, 1.807) is 6.20 Å². The number of aromatic nitrogens is 1. The Hall–Kier alpha value is -1.23. The number of aromatic amines is 1. The Morgan fingerprint density at radius 1 is 1.62 bits per heavy atom. The number of hydrogen-bond acceptors (Lipinski definition) is 3. The van der Waals surface area contributed by atoms with Crippen LogP contribution in [0.3, 0.4) is 0 Å². The fourth-order valence-electron chi connectivity index (χ4n) is 1.12. The first kappa shape index (κ1) is 9.85. The number of nitrogens with one attached hydrogen (secondary N) is 1. The summed E-state index contributed by atoms with van der Waals surface area (Å²) in [7, 11) is 0. The highest BCUT2D eigenvalue weighted by atomic mass is 32.1. The largest absolute Gasteiger partial charge is 0.359 e. The molecule has 0 aliphatic heterocycles. The van der Waals surface area contributed by atoms with Gasteiger partial charge in [0, 0.05) is 12.1 Å². The average molecular weight is 198 g/mol. The molecule has 0 amide bonds. The maximum absolute atomic E-state index is 10.7. The van der Waals surface area contributed by atoms with Crippen molar-refractivity contribution >= 4 is 17.9 Å². The summed E-state index contributed by atoms with van der Waals surface area (Å²) < 4.78 is 0.285. The number of H-pyrrole nitrogens is 1. The van der Waals surface area contributed by atoms with Crippen LogP contribution in [0.4, 0.5) is 5.69 Å². The second-order valence-corrected chi connectivity index (χ2v) is 3.46. The third kappa shape index (κ3) is 1.92. The molecule has 0 spiro atoms. The van der Waals surface area contributed by atoms with Crippen molar-refractivity contribution < 1.29 is 4.92 Å². The number of rotatable bonds is 2. The zero-order valence-corrected chi connectivity index (χ0v) is 8.22. The summed E-state index contributed by atoms with van der Waals surface area (Å²) in [5.74, 6) is 0.0725. The highest BCUT2D eigenvalue weighted by Gasteiger charge is 2.17. The van der Waals surface area contributed by atoms with Crippen molar-refractivity contribution in [2.24, 2.45) is 0 Å². The van der Waals surface area contributed by atoms with E-state index in [0.717, 1.165) is 0 Å². The van der Waals surface area contributed by atoms with Gasteiger partial charge in [0.2, 0.25) is 0 Å². The standard InChI is InChI=1S/C8H10N2O2S/c1-5(2)7-8(10(11)12)6(13)3-4-9-7/h3-5H,1-2H3,(H,9,13). The van der Waals surface area contributed by atoms with Gasteiger partial charge in [-0.15, -0.1) is 0 Å². The highest BCUT2D eigenvalue weighted by Crippen LogP contribution is 2.24. The van der Waals surface area contributed by atoms with Crippen molar-refractivity contribution in [2.75, 3.05) is 0 Å². The van der Waals surface area contributed by atoms with Gasteiger partial charge in [-0.1, -0.05) is 26.1 Å². The number of pyridine rings is 1. The third-order valence-electron chi connectivity index (χ3n) is 1.72. The topological polar surface area (TPSA) is 58.9 Å². The first-order valence-electron chi connectivity index (χ1n) is 3.90. The van der Waals surface area contributed by atoms with Gasteiger partial charge >= 0.3 is 5.69 Å².